The first kappa shape index (κ1) is 16.4. The fourth-order valence-electron chi connectivity index (χ4n) is 2.60. The molecule has 122 valence electrons. The zero-order valence-corrected chi connectivity index (χ0v) is 14.0. The maximum absolute atomic E-state index is 13.0. The van der Waals surface area contributed by atoms with Gasteiger partial charge in [-0.15, -0.1) is 0 Å². The summed E-state index contributed by atoms with van der Waals surface area (Å²) in [4.78, 5) is 0.0987. The van der Waals surface area contributed by atoms with Crippen molar-refractivity contribution >= 4 is 33.1 Å². The number of fused-ring (bicyclic) bond motifs is 1. The van der Waals surface area contributed by atoms with Crippen LogP contribution in [0.25, 0.3) is 5.76 Å². The molecule has 5 nitrogen and oxygen atoms in total. The van der Waals surface area contributed by atoms with Gasteiger partial charge >= 0.3 is 0 Å². The van der Waals surface area contributed by atoms with Gasteiger partial charge in [-0.3, -0.25) is 4.31 Å². The van der Waals surface area contributed by atoms with E-state index in [0.717, 1.165) is 0 Å². The average molecular weight is 361 g/mol. The van der Waals surface area contributed by atoms with Gasteiger partial charge in [0.25, 0.3) is 10.0 Å². The van der Waals surface area contributed by atoms with E-state index in [2.05, 4.69) is 0 Å². The number of nitrogens with zero attached hydrogens (tertiary/aromatic N) is 2. The van der Waals surface area contributed by atoms with Gasteiger partial charge in [-0.2, -0.15) is 5.26 Å². The first-order valence-electron chi connectivity index (χ1n) is 7.15. The first-order chi connectivity index (χ1) is 11.4. The van der Waals surface area contributed by atoms with Crippen LogP contribution < -0.4 is 4.31 Å². The molecular formula is C17H13ClN2O3S. The van der Waals surface area contributed by atoms with Gasteiger partial charge < -0.3 is 5.11 Å². The smallest absolute Gasteiger partial charge is 0.264 e. The van der Waals surface area contributed by atoms with Crippen LogP contribution >= 0.6 is 11.6 Å². The Labute approximate surface area is 145 Å². The van der Waals surface area contributed by atoms with E-state index in [-0.39, 0.29) is 29.2 Å². The molecule has 2 aromatic carbocycles. The Morgan fingerprint density at radius 1 is 1.12 bits per heavy atom. The number of benzene rings is 2. The van der Waals surface area contributed by atoms with Gasteiger partial charge in [0.05, 0.1) is 22.2 Å². The Kier molecular flexibility index (Phi) is 4.22. The molecule has 1 heterocycles. The molecule has 1 aliphatic heterocycles. The number of hydrogen-bond acceptors (Lipinski definition) is 4. The summed E-state index contributed by atoms with van der Waals surface area (Å²) in [5.74, 6) is -0.179. The van der Waals surface area contributed by atoms with Crippen molar-refractivity contribution in [3.63, 3.8) is 0 Å². The summed E-state index contributed by atoms with van der Waals surface area (Å²) in [6.07, 6.45) is 0.129. The van der Waals surface area contributed by atoms with Crippen LogP contribution in [-0.4, -0.2) is 20.1 Å². The standard InChI is InChI=1S/C17H13ClN2O3S/c18-13-5-7-14(8-6-13)24(22,23)20-10-9-12(11-19)17(21)15-3-1-2-4-16(15)20/h1-8,21H,9-10H2. The largest absolute Gasteiger partial charge is 0.506 e. The highest BCUT2D eigenvalue weighted by atomic mass is 35.5. The van der Waals surface area contributed by atoms with Gasteiger partial charge in [-0.25, -0.2) is 8.42 Å². The number of aliphatic hydroxyl groups excluding tert-OH is 1. The van der Waals surface area contributed by atoms with E-state index < -0.39 is 10.0 Å². The topological polar surface area (TPSA) is 81.4 Å². The summed E-state index contributed by atoms with van der Waals surface area (Å²) in [5.41, 5.74) is 0.829. The van der Waals surface area contributed by atoms with Crippen LogP contribution in [0.4, 0.5) is 5.69 Å². The van der Waals surface area contributed by atoms with Crippen LogP contribution in [0.5, 0.6) is 0 Å². The lowest BCUT2D eigenvalue weighted by Gasteiger charge is -2.24. The van der Waals surface area contributed by atoms with Gasteiger partial charge in [-0.05, 0) is 36.4 Å². The third kappa shape index (κ3) is 2.73. The van der Waals surface area contributed by atoms with Gasteiger partial charge in [0, 0.05) is 23.6 Å². The molecule has 24 heavy (non-hydrogen) atoms. The molecule has 0 amide bonds. The second kappa shape index (κ2) is 6.19. The third-order valence-corrected chi connectivity index (χ3v) is 5.89. The molecule has 7 heteroatoms. The number of rotatable bonds is 2. The van der Waals surface area contributed by atoms with Gasteiger partial charge in [-0.1, -0.05) is 23.7 Å². The molecule has 0 saturated carbocycles. The number of halogens is 1. The highest BCUT2D eigenvalue weighted by molar-refractivity contribution is 7.92. The van der Waals surface area contributed by atoms with E-state index in [1.807, 2.05) is 6.07 Å². The van der Waals surface area contributed by atoms with Crippen LogP contribution in [-0.2, 0) is 10.0 Å². The second-order valence-electron chi connectivity index (χ2n) is 5.24. The summed E-state index contributed by atoms with van der Waals surface area (Å²) in [6, 6.07) is 14.4. The second-order valence-corrected chi connectivity index (χ2v) is 7.54. The Morgan fingerprint density at radius 3 is 2.46 bits per heavy atom. The number of hydrogen-bond donors (Lipinski definition) is 1. The molecule has 2 aromatic rings. The van der Waals surface area contributed by atoms with Crippen LogP contribution in [0, 0.1) is 11.3 Å². The summed E-state index contributed by atoms with van der Waals surface area (Å²) in [7, 11) is -3.84. The number of sulfonamides is 1. The number of anilines is 1. The van der Waals surface area contributed by atoms with Crippen molar-refractivity contribution < 1.29 is 13.5 Å². The van der Waals surface area contributed by atoms with E-state index in [1.165, 1.54) is 28.6 Å². The van der Waals surface area contributed by atoms with Crippen molar-refractivity contribution in [3.05, 3.63) is 64.7 Å². The quantitative estimate of drug-likeness (QED) is 0.884. The van der Waals surface area contributed by atoms with E-state index in [9.17, 15) is 18.8 Å². The zero-order valence-electron chi connectivity index (χ0n) is 12.5. The van der Waals surface area contributed by atoms with E-state index >= 15 is 0 Å². The molecule has 0 spiro atoms. The summed E-state index contributed by atoms with van der Waals surface area (Å²) in [6.45, 7) is 0.0644. The van der Waals surface area contributed by atoms with Crippen LogP contribution in [0.1, 0.15) is 12.0 Å². The molecule has 0 unspecified atom stereocenters. The molecule has 0 saturated heterocycles. The summed E-state index contributed by atoms with van der Waals surface area (Å²) < 4.78 is 27.2. The van der Waals surface area contributed by atoms with Crippen molar-refractivity contribution in [2.75, 3.05) is 10.8 Å². The lowest BCUT2D eigenvalue weighted by atomic mass is 10.1. The Bertz CT molecular complexity index is 960. The Hall–Kier alpha value is -2.49. The number of para-hydroxylation sites is 1. The fraction of sp³-hybridized carbons (Fsp3) is 0.118. The molecule has 1 N–H and O–H groups in total. The van der Waals surface area contributed by atoms with Crippen molar-refractivity contribution in [1.82, 2.24) is 0 Å². The van der Waals surface area contributed by atoms with E-state index in [1.54, 1.807) is 24.3 Å². The lowest BCUT2D eigenvalue weighted by molar-refractivity contribution is 0.507. The Balaban J connectivity index is 2.16. The highest BCUT2D eigenvalue weighted by Gasteiger charge is 2.30. The predicted molar refractivity (Wildman–Crippen MR) is 92.2 cm³/mol. The average Bonchev–Trinajstić information content (AvgIpc) is 2.72. The molecule has 0 bridgehead atoms. The molecule has 0 fully saturated rings. The Morgan fingerprint density at radius 2 is 1.79 bits per heavy atom. The third-order valence-electron chi connectivity index (χ3n) is 3.82. The van der Waals surface area contributed by atoms with E-state index in [0.29, 0.717) is 16.3 Å². The van der Waals surface area contributed by atoms with Crippen molar-refractivity contribution in [1.29, 1.82) is 5.26 Å². The highest BCUT2D eigenvalue weighted by Crippen LogP contribution is 2.35. The lowest BCUT2D eigenvalue weighted by Crippen LogP contribution is -2.32. The summed E-state index contributed by atoms with van der Waals surface area (Å²) >= 11 is 5.83. The molecule has 1 aliphatic rings. The SMILES string of the molecule is N#CC1=C(O)c2ccccc2N(S(=O)(=O)c2ccc(Cl)cc2)CC1. The van der Waals surface area contributed by atoms with Crippen molar-refractivity contribution in [3.8, 4) is 6.07 Å². The molecule has 0 aromatic heterocycles. The predicted octanol–water partition coefficient (Wildman–Crippen LogP) is 3.73. The minimum atomic E-state index is -3.84. The van der Waals surface area contributed by atoms with E-state index in [4.69, 9.17) is 11.6 Å². The van der Waals surface area contributed by atoms with Gasteiger partial charge in [0.1, 0.15) is 5.76 Å². The summed E-state index contributed by atoms with van der Waals surface area (Å²) in [5, 5.41) is 19.9. The van der Waals surface area contributed by atoms with Gasteiger partial charge in [0.15, 0.2) is 0 Å². The fourth-order valence-corrected chi connectivity index (χ4v) is 4.21. The minimum absolute atomic E-state index is 0.0644. The number of aliphatic hydroxyl groups is 1. The first-order valence-corrected chi connectivity index (χ1v) is 8.97. The van der Waals surface area contributed by atoms with Crippen molar-refractivity contribution in [2.24, 2.45) is 0 Å². The maximum atomic E-state index is 13.0. The van der Waals surface area contributed by atoms with Crippen LogP contribution in [0.15, 0.2) is 59.0 Å². The van der Waals surface area contributed by atoms with Crippen molar-refractivity contribution in [2.45, 2.75) is 11.3 Å². The van der Waals surface area contributed by atoms with Crippen LogP contribution in [0.3, 0.4) is 0 Å². The molecule has 0 radical (unpaired) electrons. The molecule has 0 aliphatic carbocycles. The monoisotopic (exact) mass is 360 g/mol. The molecular weight excluding hydrogens is 348 g/mol. The maximum Gasteiger partial charge on any atom is 0.264 e. The van der Waals surface area contributed by atoms with Crippen LogP contribution in [0.2, 0.25) is 5.02 Å². The zero-order chi connectivity index (χ0) is 17.3. The normalized spacial score (nSPS) is 14.8. The minimum Gasteiger partial charge on any atom is -0.506 e. The molecule has 3 rings (SSSR count). The van der Waals surface area contributed by atoms with Gasteiger partial charge in [0.2, 0.25) is 0 Å². The molecule has 0 atom stereocenters. The number of nitriles is 1.